The Bertz CT molecular complexity index is 1150. The molecule has 0 aliphatic carbocycles. The maximum Gasteiger partial charge on any atom is 0.285 e. The number of benzene rings is 2. The molecule has 2 aliphatic rings. The van der Waals surface area contributed by atoms with Crippen LogP contribution in [0, 0.1) is 6.07 Å². The number of hydrazone groups is 1. The number of rotatable bonds is 1. The third-order valence-corrected chi connectivity index (χ3v) is 6.85. The van der Waals surface area contributed by atoms with E-state index in [2.05, 4.69) is 31.2 Å². The maximum atomic E-state index is 12.5. The molecule has 0 spiro atoms. The molecule has 1 atom stereocenters. The Morgan fingerprint density at radius 1 is 1.21 bits per heavy atom. The van der Waals surface area contributed by atoms with Crippen LogP contribution in [-0.2, 0) is 15.4 Å². The molecule has 1 unspecified atom stereocenters. The fraction of sp³-hybridized carbons (Fsp3) is 0.364. The smallest absolute Gasteiger partial charge is 0.244 e. The Balaban J connectivity index is 1.84. The normalized spacial score (nSPS) is 20.9. The fourth-order valence-electron chi connectivity index (χ4n) is 3.77. The van der Waals surface area contributed by atoms with Crippen molar-refractivity contribution >= 4 is 33.2 Å². The molecule has 0 amide bonds. The molecule has 0 bridgehead atoms. The lowest BCUT2D eigenvalue weighted by molar-refractivity contribution is 0.316. The second kappa shape index (κ2) is 6.96. The van der Waals surface area contributed by atoms with Gasteiger partial charge in [-0.25, -0.2) is 5.01 Å². The van der Waals surface area contributed by atoms with Gasteiger partial charge in [-0.2, -0.15) is 13.5 Å². The summed E-state index contributed by atoms with van der Waals surface area (Å²) in [6.07, 6.45) is 1.63. The molecule has 0 aromatic heterocycles. The SMILES string of the molecule is CC1CCC(c2c[c]c(Cl)cc2C(C)(C)C)=NN1C1=NS(=O)(=O)c2ccccc21. The summed E-state index contributed by atoms with van der Waals surface area (Å²) >= 11 is 6.21. The third kappa shape index (κ3) is 3.60. The molecule has 2 heterocycles. The number of fused-ring (bicyclic) bond motifs is 1. The van der Waals surface area contributed by atoms with Gasteiger partial charge in [0.1, 0.15) is 4.90 Å². The monoisotopic (exact) mass is 428 g/mol. The predicted octanol–water partition coefficient (Wildman–Crippen LogP) is 4.78. The Kier molecular flexibility index (Phi) is 4.82. The van der Waals surface area contributed by atoms with E-state index in [0.717, 1.165) is 29.7 Å². The summed E-state index contributed by atoms with van der Waals surface area (Å²) in [5.41, 5.74) is 3.46. The Labute approximate surface area is 177 Å². The number of hydrogen-bond donors (Lipinski definition) is 0. The van der Waals surface area contributed by atoms with Crippen molar-refractivity contribution in [3.05, 3.63) is 64.2 Å². The van der Waals surface area contributed by atoms with Crippen LogP contribution in [0.5, 0.6) is 0 Å². The van der Waals surface area contributed by atoms with Crippen LogP contribution >= 0.6 is 11.6 Å². The highest BCUT2D eigenvalue weighted by atomic mass is 35.5. The van der Waals surface area contributed by atoms with Gasteiger partial charge in [0.2, 0.25) is 0 Å². The first-order valence-electron chi connectivity index (χ1n) is 9.61. The van der Waals surface area contributed by atoms with Crippen molar-refractivity contribution in [1.29, 1.82) is 0 Å². The first-order chi connectivity index (χ1) is 13.6. The average Bonchev–Trinajstić information content (AvgIpc) is 2.93. The fourth-order valence-corrected chi connectivity index (χ4v) is 5.13. The second-order valence-corrected chi connectivity index (χ2v) is 10.5. The van der Waals surface area contributed by atoms with E-state index >= 15 is 0 Å². The van der Waals surface area contributed by atoms with Crippen LogP contribution in [0.25, 0.3) is 0 Å². The number of halogens is 1. The standard InChI is InChI=1S/C22H23ClN3O2S/c1-14-9-12-19(16-11-10-15(23)13-18(16)22(2,3)4)24-26(14)21-17-7-5-6-8-20(17)29(27,28)25-21/h5-8,11,13-14H,9,12H2,1-4H3. The minimum Gasteiger partial charge on any atom is -0.244 e. The van der Waals surface area contributed by atoms with Gasteiger partial charge in [-0.3, -0.25) is 0 Å². The largest absolute Gasteiger partial charge is 0.285 e. The lowest BCUT2D eigenvalue weighted by atomic mass is 9.81. The van der Waals surface area contributed by atoms with Gasteiger partial charge >= 0.3 is 0 Å². The van der Waals surface area contributed by atoms with Gasteiger partial charge in [-0.1, -0.05) is 44.5 Å². The van der Waals surface area contributed by atoms with Gasteiger partial charge in [0.05, 0.1) is 11.8 Å². The van der Waals surface area contributed by atoms with Gasteiger partial charge in [0.15, 0.2) is 5.84 Å². The zero-order valence-corrected chi connectivity index (χ0v) is 18.5. The number of nitrogens with zero attached hydrogens (tertiary/aromatic N) is 3. The van der Waals surface area contributed by atoms with E-state index in [-0.39, 0.29) is 16.4 Å². The first-order valence-corrected chi connectivity index (χ1v) is 11.4. The van der Waals surface area contributed by atoms with E-state index in [1.165, 1.54) is 0 Å². The molecule has 0 saturated carbocycles. The Hall–Kier alpha value is -2.18. The molecule has 2 aromatic rings. The van der Waals surface area contributed by atoms with Crippen molar-refractivity contribution in [2.45, 2.75) is 56.9 Å². The van der Waals surface area contributed by atoms with Gasteiger partial charge < -0.3 is 0 Å². The summed E-state index contributed by atoms with van der Waals surface area (Å²) < 4.78 is 29.1. The lowest BCUT2D eigenvalue weighted by Gasteiger charge is -2.33. The molecule has 4 rings (SSSR count). The van der Waals surface area contributed by atoms with Crippen molar-refractivity contribution in [1.82, 2.24) is 5.01 Å². The summed E-state index contributed by atoms with van der Waals surface area (Å²) in [6.45, 7) is 8.44. The Morgan fingerprint density at radius 3 is 2.66 bits per heavy atom. The molecule has 0 fully saturated rings. The summed E-state index contributed by atoms with van der Waals surface area (Å²) in [7, 11) is -3.69. The van der Waals surface area contributed by atoms with Crippen LogP contribution in [0.3, 0.4) is 0 Å². The number of amidine groups is 1. The summed E-state index contributed by atoms with van der Waals surface area (Å²) in [5, 5.41) is 7.20. The minimum atomic E-state index is -3.69. The van der Waals surface area contributed by atoms with E-state index < -0.39 is 10.0 Å². The van der Waals surface area contributed by atoms with Crippen molar-refractivity contribution in [2.75, 3.05) is 0 Å². The molecule has 2 aliphatic heterocycles. The van der Waals surface area contributed by atoms with Crippen LogP contribution in [0.4, 0.5) is 0 Å². The van der Waals surface area contributed by atoms with Crippen molar-refractivity contribution in [3.63, 3.8) is 0 Å². The van der Waals surface area contributed by atoms with Crippen molar-refractivity contribution in [2.24, 2.45) is 9.50 Å². The van der Waals surface area contributed by atoms with Crippen LogP contribution < -0.4 is 0 Å². The number of hydrogen-bond acceptors (Lipinski definition) is 4. The molecule has 2 aromatic carbocycles. The lowest BCUT2D eigenvalue weighted by Crippen LogP contribution is -2.39. The Morgan fingerprint density at radius 2 is 1.93 bits per heavy atom. The average molecular weight is 429 g/mol. The summed E-state index contributed by atoms with van der Waals surface area (Å²) in [4.78, 5) is 0.236. The molecule has 0 N–H and O–H groups in total. The van der Waals surface area contributed by atoms with Crippen LogP contribution in [-0.4, -0.2) is 31.0 Å². The van der Waals surface area contributed by atoms with E-state index in [1.807, 2.05) is 25.1 Å². The quantitative estimate of drug-likeness (QED) is 0.656. The molecule has 5 nitrogen and oxygen atoms in total. The number of sulfonamides is 1. The van der Waals surface area contributed by atoms with Gasteiger partial charge in [0, 0.05) is 22.2 Å². The van der Waals surface area contributed by atoms with Crippen LogP contribution in [0.2, 0.25) is 5.02 Å². The van der Waals surface area contributed by atoms with Crippen molar-refractivity contribution in [3.8, 4) is 0 Å². The van der Waals surface area contributed by atoms with E-state index in [0.29, 0.717) is 16.4 Å². The molecular formula is C22H23ClN3O2S. The molecule has 0 saturated heterocycles. The van der Waals surface area contributed by atoms with E-state index in [9.17, 15) is 8.42 Å². The van der Waals surface area contributed by atoms with E-state index in [1.54, 1.807) is 23.2 Å². The zero-order valence-electron chi connectivity index (χ0n) is 16.9. The third-order valence-electron chi connectivity index (χ3n) is 5.31. The highest BCUT2D eigenvalue weighted by Crippen LogP contribution is 2.34. The maximum absolute atomic E-state index is 12.5. The predicted molar refractivity (Wildman–Crippen MR) is 116 cm³/mol. The van der Waals surface area contributed by atoms with Gasteiger partial charge in [-0.15, -0.1) is 4.40 Å². The molecule has 1 radical (unpaired) electrons. The molecular weight excluding hydrogens is 406 g/mol. The van der Waals surface area contributed by atoms with Crippen molar-refractivity contribution < 1.29 is 8.42 Å². The highest BCUT2D eigenvalue weighted by molar-refractivity contribution is 7.90. The zero-order chi connectivity index (χ0) is 21.0. The molecule has 7 heteroatoms. The topological polar surface area (TPSA) is 62.1 Å². The first kappa shape index (κ1) is 20.1. The van der Waals surface area contributed by atoms with Gasteiger partial charge in [-0.05, 0) is 55.0 Å². The second-order valence-electron chi connectivity index (χ2n) is 8.52. The minimum absolute atomic E-state index is 0.0354. The van der Waals surface area contributed by atoms with Crippen LogP contribution in [0.15, 0.2) is 50.8 Å². The summed E-state index contributed by atoms with van der Waals surface area (Å²) in [6, 6.07) is 13.8. The summed E-state index contributed by atoms with van der Waals surface area (Å²) in [5.74, 6) is 0.389. The molecule has 151 valence electrons. The van der Waals surface area contributed by atoms with Gasteiger partial charge in [0.25, 0.3) is 10.0 Å². The highest BCUT2D eigenvalue weighted by Gasteiger charge is 2.35. The van der Waals surface area contributed by atoms with E-state index in [4.69, 9.17) is 16.7 Å². The molecule has 29 heavy (non-hydrogen) atoms. The van der Waals surface area contributed by atoms with Crippen LogP contribution in [0.1, 0.15) is 57.2 Å².